The summed E-state index contributed by atoms with van der Waals surface area (Å²) in [4.78, 5) is 10.6. The number of hydrogen-bond donors (Lipinski definition) is 0. The summed E-state index contributed by atoms with van der Waals surface area (Å²) in [6, 6.07) is 14.8. The molecule has 1 saturated heterocycles. The Balaban J connectivity index is 1.73. The van der Waals surface area contributed by atoms with Crippen LogP contribution in [0.1, 0.15) is 129 Å². The van der Waals surface area contributed by atoms with E-state index in [0.29, 0.717) is 0 Å². The summed E-state index contributed by atoms with van der Waals surface area (Å²) in [6.07, 6.45) is 2.40. The van der Waals surface area contributed by atoms with Crippen molar-refractivity contribution in [1.29, 1.82) is 0 Å². The average molecular weight is 633 g/mol. The van der Waals surface area contributed by atoms with Crippen LogP contribution in [0.5, 0.6) is 0 Å². The molecule has 1 heterocycles. The van der Waals surface area contributed by atoms with Gasteiger partial charge in [-0.05, 0) is 108 Å². The highest BCUT2D eigenvalue weighted by Gasteiger charge is 2.23. The van der Waals surface area contributed by atoms with Crippen molar-refractivity contribution < 1.29 is 0 Å². The second-order valence-electron chi connectivity index (χ2n) is 18.7. The summed E-state index contributed by atoms with van der Waals surface area (Å²) < 4.78 is 0. The van der Waals surface area contributed by atoms with Crippen molar-refractivity contribution in [1.82, 2.24) is 19.6 Å². The van der Waals surface area contributed by atoms with Crippen LogP contribution < -0.4 is 0 Å². The Bertz CT molecular complexity index is 1070. The van der Waals surface area contributed by atoms with Gasteiger partial charge >= 0.3 is 0 Å². The van der Waals surface area contributed by atoms with Gasteiger partial charge in [0.15, 0.2) is 0 Å². The standard InChI is InChI=1S/C42H72N4/c1-39(2,3)35-25-33(26-36(29-35)40(4,5)6)31-45-19-15-17-44(14)22-24-46(20-16-18-43(13)21-23-45)32-34-27-37(41(7,8)9)30-38(28-34)42(10,11)12/h25-30H,15-24,31-32H2,1-14H3. The summed E-state index contributed by atoms with van der Waals surface area (Å²) >= 11 is 0. The average Bonchev–Trinajstić information content (AvgIpc) is 2.92. The first-order valence-corrected chi connectivity index (χ1v) is 18.2. The van der Waals surface area contributed by atoms with Crippen molar-refractivity contribution in [3.05, 3.63) is 69.8 Å². The molecule has 2 aromatic carbocycles. The van der Waals surface area contributed by atoms with E-state index in [1.807, 2.05) is 0 Å². The van der Waals surface area contributed by atoms with E-state index in [1.165, 1.54) is 46.2 Å². The van der Waals surface area contributed by atoms with Crippen LogP contribution in [0.4, 0.5) is 0 Å². The minimum absolute atomic E-state index is 0.148. The van der Waals surface area contributed by atoms with E-state index in [2.05, 4.69) is 153 Å². The molecule has 46 heavy (non-hydrogen) atoms. The third-order valence-corrected chi connectivity index (χ3v) is 9.89. The maximum absolute atomic E-state index is 2.71. The van der Waals surface area contributed by atoms with Gasteiger partial charge in [0.2, 0.25) is 0 Å². The molecule has 3 rings (SSSR count). The summed E-state index contributed by atoms with van der Waals surface area (Å²) in [5.74, 6) is 0. The lowest BCUT2D eigenvalue weighted by Gasteiger charge is -2.31. The predicted molar refractivity (Wildman–Crippen MR) is 202 cm³/mol. The van der Waals surface area contributed by atoms with Crippen LogP contribution in [0.25, 0.3) is 0 Å². The van der Waals surface area contributed by atoms with E-state index in [9.17, 15) is 0 Å². The molecule has 0 saturated carbocycles. The molecule has 0 bridgehead atoms. The monoisotopic (exact) mass is 633 g/mol. The van der Waals surface area contributed by atoms with Gasteiger partial charge in [-0.15, -0.1) is 0 Å². The van der Waals surface area contributed by atoms with Gasteiger partial charge in [0.05, 0.1) is 0 Å². The van der Waals surface area contributed by atoms with Crippen LogP contribution in [-0.2, 0) is 34.7 Å². The molecule has 1 aliphatic heterocycles. The summed E-state index contributed by atoms with van der Waals surface area (Å²) in [7, 11) is 4.64. The first-order chi connectivity index (χ1) is 21.1. The van der Waals surface area contributed by atoms with Gasteiger partial charge in [-0.3, -0.25) is 9.80 Å². The quantitative estimate of drug-likeness (QED) is 0.334. The van der Waals surface area contributed by atoms with E-state index in [4.69, 9.17) is 0 Å². The van der Waals surface area contributed by atoms with Gasteiger partial charge in [-0.25, -0.2) is 0 Å². The minimum atomic E-state index is 0.148. The molecule has 0 amide bonds. The van der Waals surface area contributed by atoms with Gasteiger partial charge in [-0.1, -0.05) is 119 Å². The molecule has 0 aromatic heterocycles. The molecule has 4 nitrogen and oxygen atoms in total. The molecular formula is C42H72N4. The third kappa shape index (κ3) is 12.4. The number of likely N-dealkylation sites (N-methyl/N-ethyl adjacent to an activating group) is 2. The van der Waals surface area contributed by atoms with Crippen LogP contribution in [0.3, 0.4) is 0 Å². The molecule has 1 aliphatic rings. The van der Waals surface area contributed by atoms with Crippen molar-refractivity contribution in [2.75, 3.05) is 66.5 Å². The molecule has 2 aromatic rings. The third-order valence-electron chi connectivity index (χ3n) is 9.89. The molecule has 0 aliphatic carbocycles. The fraction of sp³-hybridized carbons (Fsp3) is 0.714. The lowest BCUT2D eigenvalue weighted by atomic mass is 9.79. The van der Waals surface area contributed by atoms with Gasteiger partial charge < -0.3 is 9.80 Å². The van der Waals surface area contributed by atoms with Crippen LogP contribution in [0.2, 0.25) is 0 Å². The lowest BCUT2D eigenvalue weighted by Crippen LogP contribution is -2.39. The smallest absolute Gasteiger partial charge is 0.0234 e. The van der Waals surface area contributed by atoms with Crippen LogP contribution in [-0.4, -0.2) is 86.1 Å². The Hall–Kier alpha value is -1.72. The van der Waals surface area contributed by atoms with E-state index < -0.39 is 0 Å². The van der Waals surface area contributed by atoms with Gasteiger partial charge in [-0.2, -0.15) is 0 Å². The van der Waals surface area contributed by atoms with Gasteiger partial charge in [0.1, 0.15) is 0 Å². The Morgan fingerprint density at radius 2 is 0.674 bits per heavy atom. The molecule has 0 spiro atoms. The second kappa shape index (κ2) is 15.7. The Labute approximate surface area is 285 Å². The fourth-order valence-corrected chi connectivity index (χ4v) is 6.33. The van der Waals surface area contributed by atoms with E-state index in [0.717, 1.165) is 65.4 Å². The first kappa shape index (κ1) is 38.7. The lowest BCUT2D eigenvalue weighted by molar-refractivity contribution is 0.173. The fourth-order valence-electron chi connectivity index (χ4n) is 6.33. The Kier molecular flexibility index (Phi) is 13.2. The highest BCUT2D eigenvalue weighted by molar-refractivity contribution is 5.38. The predicted octanol–water partition coefficient (Wildman–Crippen LogP) is 8.84. The Morgan fingerprint density at radius 3 is 0.935 bits per heavy atom. The molecule has 0 atom stereocenters. The number of nitrogens with zero attached hydrogens (tertiary/aromatic N) is 4. The topological polar surface area (TPSA) is 13.0 Å². The molecule has 1 fully saturated rings. The highest BCUT2D eigenvalue weighted by Crippen LogP contribution is 2.32. The molecular weight excluding hydrogens is 560 g/mol. The molecule has 0 N–H and O–H groups in total. The first-order valence-electron chi connectivity index (χ1n) is 18.2. The minimum Gasteiger partial charge on any atom is -0.305 e. The van der Waals surface area contributed by atoms with E-state index in [-0.39, 0.29) is 21.7 Å². The largest absolute Gasteiger partial charge is 0.305 e. The van der Waals surface area contributed by atoms with Crippen molar-refractivity contribution in [2.45, 2.75) is 131 Å². The molecule has 0 radical (unpaired) electrons. The van der Waals surface area contributed by atoms with Gasteiger partial charge in [0.25, 0.3) is 0 Å². The van der Waals surface area contributed by atoms with Crippen molar-refractivity contribution in [3.63, 3.8) is 0 Å². The molecule has 4 heteroatoms. The summed E-state index contributed by atoms with van der Waals surface area (Å²) in [6.45, 7) is 39.2. The SMILES string of the molecule is CN1CCCN(Cc2cc(C(C)(C)C)cc(C(C)(C)C)c2)CCN(C)CCCN(Cc2cc(C(C)(C)C)cc(C(C)(C)C)c2)CC1. The zero-order valence-electron chi connectivity index (χ0n) is 32.7. The van der Waals surface area contributed by atoms with Crippen LogP contribution >= 0.6 is 0 Å². The number of hydrogen-bond acceptors (Lipinski definition) is 4. The maximum atomic E-state index is 2.71. The summed E-state index contributed by atoms with van der Waals surface area (Å²) in [5, 5.41) is 0. The number of rotatable bonds is 4. The second-order valence-corrected chi connectivity index (χ2v) is 18.7. The van der Waals surface area contributed by atoms with Crippen molar-refractivity contribution >= 4 is 0 Å². The van der Waals surface area contributed by atoms with E-state index in [1.54, 1.807) is 0 Å². The molecule has 0 unspecified atom stereocenters. The molecule has 260 valence electrons. The summed E-state index contributed by atoms with van der Waals surface area (Å²) in [5.41, 5.74) is 9.36. The maximum Gasteiger partial charge on any atom is 0.0234 e. The van der Waals surface area contributed by atoms with Crippen molar-refractivity contribution in [3.8, 4) is 0 Å². The van der Waals surface area contributed by atoms with Crippen molar-refractivity contribution in [2.24, 2.45) is 0 Å². The van der Waals surface area contributed by atoms with Gasteiger partial charge in [0, 0.05) is 39.3 Å². The number of benzene rings is 2. The van der Waals surface area contributed by atoms with Crippen LogP contribution in [0, 0.1) is 0 Å². The normalized spacial score (nSPS) is 18.9. The van der Waals surface area contributed by atoms with Crippen LogP contribution in [0.15, 0.2) is 36.4 Å². The highest BCUT2D eigenvalue weighted by atomic mass is 15.2. The zero-order chi connectivity index (χ0) is 34.5. The van der Waals surface area contributed by atoms with E-state index >= 15 is 0 Å². The Morgan fingerprint density at radius 1 is 0.391 bits per heavy atom. The zero-order valence-corrected chi connectivity index (χ0v) is 32.7.